The van der Waals surface area contributed by atoms with E-state index in [2.05, 4.69) is 45.8 Å². The number of piperazine rings is 1. The third-order valence-electron chi connectivity index (χ3n) is 5.09. The van der Waals surface area contributed by atoms with Gasteiger partial charge in [-0.3, -0.25) is 0 Å². The molecular weight excluding hydrogens is 335 g/mol. The summed E-state index contributed by atoms with van der Waals surface area (Å²) >= 11 is 0. The van der Waals surface area contributed by atoms with Crippen molar-refractivity contribution < 1.29 is 0 Å². The normalized spacial score (nSPS) is 15.3. The Morgan fingerprint density at radius 3 is 2.85 bits per heavy atom. The zero-order valence-electron chi connectivity index (χ0n) is 15.8. The molecule has 3 heterocycles. The quantitative estimate of drug-likeness (QED) is 0.511. The maximum Gasteiger partial charge on any atom is 0.150 e. The van der Waals surface area contributed by atoms with Crippen LogP contribution in [0.5, 0.6) is 0 Å². The van der Waals surface area contributed by atoms with E-state index in [1.807, 2.05) is 12.1 Å². The fourth-order valence-corrected chi connectivity index (χ4v) is 3.56. The molecule has 1 aromatic carbocycles. The molecule has 0 saturated carbocycles. The lowest BCUT2D eigenvalue weighted by atomic mass is 10.00. The Kier molecular flexibility index (Phi) is 5.41. The molecule has 2 N–H and O–H groups in total. The maximum atomic E-state index is 6.10. The highest BCUT2D eigenvalue weighted by atomic mass is 15.3. The van der Waals surface area contributed by atoms with Gasteiger partial charge < -0.3 is 15.5 Å². The Bertz CT molecular complexity index is 916. The summed E-state index contributed by atoms with van der Waals surface area (Å²) < 4.78 is 1.79. The van der Waals surface area contributed by atoms with Crippen LogP contribution in [-0.4, -0.2) is 66.6 Å². The van der Waals surface area contributed by atoms with Crippen LogP contribution in [0, 0.1) is 6.92 Å². The number of aryl methyl sites for hydroxylation is 1. The fourth-order valence-electron chi connectivity index (χ4n) is 3.56. The predicted molar refractivity (Wildman–Crippen MR) is 111 cm³/mol. The number of benzene rings is 1. The number of nitrogens with zero attached hydrogens (tertiary/aromatic N) is 4. The molecule has 3 aromatic rings. The Morgan fingerprint density at radius 1 is 1.22 bits per heavy atom. The van der Waals surface area contributed by atoms with Crippen molar-refractivity contribution in [2.24, 2.45) is 0 Å². The highest BCUT2D eigenvalue weighted by Gasteiger charge is 2.12. The molecule has 2 radical (unpaired) electrons. The van der Waals surface area contributed by atoms with Crippen LogP contribution in [0.3, 0.4) is 0 Å². The zero-order chi connectivity index (χ0) is 18.6. The number of nitrogens with one attached hydrogen (secondary N) is 2. The van der Waals surface area contributed by atoms with Crippen LogP contribution in [0.25, 0.3) is 16.9 Å². The fraction of sp³-hybridized carbons (Fsp3) is 0.400. The van der Waals surface area contributed by atoms with Gasteiger partial charge in [-0.05, 0) is 30.9 Å². The van der Waals surface area contributed by atoms with Crippen LogP contribution >= 0.6 is 0 Å². The maximum absolute atomic E-state index is 6.10. The monoisotopic (exact) mass is 360 g/mol. The molecule has 0 unspecified atom stereocenters. The van der Waals surface area contributed by atoms with Crippen molar-refractivity contribution in [1.82, 2.24) is 24.8 Å². The molecule has 1 aliphatic heterocycles. The Morgan fingerprint density at radius 2 is 2.04 bits per heavy atom. The lowest BCUT2D eigenvalue weighted by Crippen LogP contribution is -2.44. The van der Waals surface area contributed by atoms with Gasteiger partial charge in [0, 0.05) is 50.6 Å². The van der Waals surface area contributed by atoms with Gasteiger partial charge in [-0.15, -0.1) is 0 Å². The van der Waals surface area contributed by atoms with E-state index in [0.717, 1.165) is 62.8 Å². The second kappa shape index (κ2) is 8.11. The highest BCUT2D eigenvalue weighted by molar-refractivity contribution is 6.36. The van der Waals surface area contributed by atoms with Gasteiger partial charge in [0.15, 0.2) is 5.65 Å². The molecule has 0 spiro atoms. The topological polar surface area (TPSA) is 57.5 Å². The molecule has 1 saturated heterocycles. The highest BCUT2D eigenvalue weighted by Crippen LogP contribution is 2.24. The first-order chi connectivity index (χ1) is 13.2. The van der Waals surface area contributed by atoms with Gasteiger partial charge in [0.25, 0.3) is 0 Å². The SMILES string of the molecule is [B]c1cnn2c(NCCCN3CCNCC3)cc(-c3ccccc3C)nc12. The van der Waals surface area contributed by atoms with E-state index in [-0.39, 0.29) is 0 Å². The first-order valence-electron chi connectivity index (χ1n) is 9.59. The van der Waals surface area contributed by atoms with Crippen LogP contribution in [0.1, 0.15) is 12.0 Å². The van der Waals surface area contributed by atoms with Crippen molar-refractivity contribution >= 4 is 24.8 Å². The number of rotatable bonds is 6. The van der Waals surface area contributed by atoms with E-state index >= 15 is 0 Å². The second-order valence-corrected chi connectivity index (χ2v) is 7.05. The number of hydrogen-bond donors (Lipinski definition) is 2. The van der Waals surface area contributed by atoms with Gasteiger partial charge >= 0.3 is 0 Å². The summed E-state index contributed by atoms with van der Waals surface area (Å²) in [5.41, 5.74) is 4.51. The minimum atomic E-state index is 0.592. The summed E-state index contributed by atoms with van der Waals surface area (Å²) in [5, 5.41) is 11.3. The number of aromatic nitrogens is 3. The minimum absolute atomic E-state index is 0.592. The molecule has 27 heavy (non-hydrogen) atoms. The molecule has 0 bridgehead atoms. The summed E-state index contributed by atoms with van der Waals surface area (Å²) in [6.45, 7) is 8.53. The van der Waals surface area contributed by atoms with Gasteiger partial charge in [-0.1, -0.05) is 24.3 Å². The molecule has 138 valence electrons. The molecule has 2 aromatic heterocycles. The van der Waals surface area contributed by atoms with Gasteiger partial charge in [0.1, 0.15) is 13.7 Å². The minimum Gasteiger partial charge on any atom is -0.370 e. The summed E-state index contributed by atoms with van der Waals surface area (Å²) in [6, 6.07) is 10.3. The second-order valence-electron chi connectivity index (χ2n) is 7.05. The van der Waals surface area contributed by atoms with Crippen molar-refractivity contribution in [3.8, 4) is 11.3 Å². The van der Waals surface area contributed by atoms with Crippen LogP contribution in [0.4, 0.5) is 5.82 Å². The number of hydrogen-bond acceptors (Lipinski definition) is 5. The third kappa shape index (κ3) is 3.99. The van der Waals surface area contributed by atoms with Crippen molar-refractivity contribution in [2.45, 2.75) is 13.3 Å². The van der Waals surface area contributed by atoms with Gasteiger partial charge in [0.05, 0.1) is 5.69 Å². The molecular formula is C20H25BN6. The van der Waals surface area contributed by atoms with Gasteiger partial charge in [-0.2, -0.15) is 9.61 Å². The van der Waals surface area contributed by atoms with Crippen molar-refractivity contribution in [3.05, 3.63) is 42.1 Å². The van der Waals surface area contributed by atoms with Crippen LogP contribution in [0.2, 0.25) is 0 Å². The first kappa shape index (κ1) is 18.0. The molecule has 6 nitrogen and oxygen atoms in total. The Labute approximate surface area is 161 Å². The van der Waals surface area contributed by atoms with Crippen molar-refractivity contribution in [1.29, 1.82) is 0 Å². The predicted octanol–water partition coefficient (Wildman–Crippen LogP) is 1.21. The molecule has 0 amide bonds. The van der Waals surface area contributed by atoms with Crippen LogP contribution in [0.15, 0.2) is 36.5 Å². The lowest BCUT2D eigenvalue weighted by molar-refractivity contribution is 0.240. The van der Waals surface area contributed by atoms with E-state index in [1.165, 1.54) is 5.56 Å². The van der Waals surface area contributed by atoms with Gasteiger partial charge in [0.2, 0.25) is 0 Å². The van der Waals surface area contributed by atoms with Crippen LogP contribution < -0.4 is 16.1 Å². The van der Waals surface area contributed by atoms with Crippen molar-refractivity contribution in [2.75, 3.05) is 44.6 Å². The summed E-state index contributed by atoms with van der Waals surface area (Å²) in [4.78, 5) is 7.25. The average molecular weight is 360 g/mol. The summed E-state index contributed by atoms with van der Waals surface area (Å²) in [6.07, 6.45) is 2.75. The molecule has 1 aliphatic rings. The molecule has 0 aliphatic carbocycles. The third-order valence-corrected chi connectivity index (χ3v) is 5.09. The summed E-state index contributed by atoms with van der Waals surface area (Å²) in [5.74, 6) is 0.926. The van der Waals surface area contributed by atoms with Crippen LogP contribution in [-0.2, 0) is 0 Å². The molecule has 4 rings (SSSR count). The Hall–Kier alpha value is -2.38. The van der Waals surface area contributed by atoms with E-state index in [9.17, 15) is 0 Å². The number of anilines is 1. The number of fused-ring (bicyclic) bond motifs is 1. The smallest absolute Gasteiger partial charge is 0.150 e. The average Bonchev–Trinajstić information content (AvgIpc) is 3.07. The molecule has 0 atom stereocenters. The lowest BCUT2D eigenvalue weighted by Gasteiger charge is -2.27. The van der Waals surface area contributed by atoms with Crippen molar-refractivity contribution in [3.63, 3.8) is 0 Å². The molecule has 1 fully saturated rings. The standard InChI is InChI=1S/C20H25BN6/c1-15-5-2-3-6-16(15)18-13-19(27-20(25-18)17(21)14-24-27)23-7-4-10-26-11-8-22-9-12-26/h2-3,5-6,13-14,22-23H,4,7-12H2,1H3. The Balaban J connectivity index is 1.53. The van der Waals surface area contributed by atoms with E-state index in [0.29, 0.717) is 11.1 Å². The van der Waals surface area contributed by atoms with E-state index < -0.39 is 0 Å². The molecule has 7 heteroatoms. The largest absolute Gasteiger partial charge is 0.370 e. The van der Waals surface area contributed by atoms with E-state index in [1.54, 1.807) is 10.7 Å². The summed E-state index contributed by atoms with van der Waals surface area (Å²) in [7, 11) is 6.10. The van der Waals surface area contributed by atoms with Gasteiger partial charge in [-0.25, -0.2) is 4.98 Å². The first-order valence-corrected chi connectivity index (χ1v) is 9.59. The zero-order valence-corrected chi connectivity index (χ0v) is 15.8. The van der Waals surface area contributed by atoms with E-state index in [4.69, 9.17) is 12.8 Å².